The molecule has 0 aromatic carbocycles. The molecule has 0 fully saturated rings. The number of rotatable bonds is 1. The van der Waals surface area contributed by atoms with Crippen LogP contribution in [-0.4, -0.2) is 0 Å². The molecule has 0 saturated carbocycles. The van der Waals surface area contributed by atoms with Crippen LogP contribution < -0.4 is 34.7 Å². The minimum atomic E-state index is 0. The third-order valence-electron chi connectivity index (χ3n) is 0.394. The van der Waals surface area contributed by atoms with Crippen molar-refractivity contribution >= 4 is 0 Å². The molecule has 0 radical (unpaired) electrons. The van der Waals surface area contributed by atoms with E-state index >= 15 is 0 Å². The molecular weight excluding hydrogens is 87.0 g/mol. The number of allylic oxidation sites excluding steroid dienone is 1. The Labute approximate surface area is 60.4 Å². The molecule has 1 nitrogen and oxygen atoms in total. The summed E-state index contributed by atoms with van der Waals surface area (Å²) in [6.07, 6.45) is 0.556. The Morgan fingerprint density at radius 3 is 2.00 bits per heavy atom. The third kappa shape index (κ3) is 8.82. The zero-order chi connectivity index (χ0) is 4.28. The zero-order valence-electron chi connectivity index (χ0n) is 4.32. The average Bonchev–Trinajstić information content (AvgIpc) is 1.38. The van der Waals surface area contributed by atoms with Crippen LogP contribution in [0.1, 0.15) is 13.3 Å². The summed E-state index contributed by atoms with van der Waals surface area (Å²) in [6, 6.07) is 0. The van der Waals surface area contributed by atoms with Crippen LogP contribution in [0.4, 0.5) is 0 Å². The summed E-state index contributed by atoms with van der Waals surface area (Å²) in [5.74, 6) is 0.00463. The Kier molecular flexibility index (Phi) is 8.99. The maximum absolute atomic E-state index is 9.70. The molecule has 0 aliphatic heterocycles. The fourth-order valence-corrected chi connectivity index (χ4v) is 0. The Bertz CT molecular complexity index is 42.8. The van der Waals surface area contributed by atoms with Crippen molar-refractivity contribution in [2.45, 2.75) is 13.3 Å². The molecule has 0 atom stereocenters. The first-order valence-electron chi connectivity index (χ1n) is 1.62. The molecule has 2 heteroatoms. The predicted octanol–water partition coefficient (Wildman–Crippen LogP) is -2.73. The fourth-order valence-electron chi connectivity index (χ4n) is 0. The van der Waals surface area contributed by atoms with Crippen LogP contribution in [0.3, 0.4) is 0 Å². The first-order valence-corrected chi connectivity index (χ1v) is 1.62. The summed E-state index contributed by atoms with van der Waals surface area (Å²) in [7, 11) is 0. The van der Waals surface area contributed by atoms with Crippen molar-refractivity contribution < 1.29 is 34.7 Å². The molecule has 0 aromatic rings. The van der Waals surface area contributed by atoms with Gasteiger partial charge in [-0.3, -0.25) is 0 Å². The monoisotopic (exact) mass is 94.0 g/mol. The summed E-state index contributed by atoms with van der Waals surface area (Å²) in [6.45, 7) is 4.91. The van der Waals surface area contributed by atoms with Crippen molar-refractivity contribution in [2.75, 3.05) is 0 Å². The second kappa shape index (κ2) is 5.54. The molecule has 0 aromatic heterocycles. The van der Waals surface area contributed by atoms with Gasteiger partial charge in [0.25, 0.3) is 0 Å². The molecule has 6 heavy (non-hydrogen) atoms. The van der Waals surface area contributed by atoms with Gasteiger partial charge in [0.15, 0.2) is 0 Å². The first kappa shape index (κ1) is 9.74. The van der Waals surface area contributed by atoms with Crippen molar-refractivity contribution in [3.05, 3.63) is 12.3 Å². The van der Waals surface area contributed by atoms with Crippen LogP contribution >= 0.6 is 0 Å². The van der Waals surface area contributed by atoms with E-state index in [0.717, 1.165) is 0 Å². The summed E-state index contributed by atoms with van der Waals surface area (Å²) in [5, 5.41) is 9.70. The van der Waals surface area contributed by atoms with Gasteiger partial charge in [0.1, 0.15) is 0 Å². The van der Waals surface area contributed by atoms with Gasteiger partial charge in [-0.15, -0.1) is 12.3 Å². The van der Waals surface area contributed by atoms with Crippen LogP contribution in [0.25, 0.3) is 0 Å². The molecule has 0 bridgehead atoms. The van der Waals surface area contributed by atoms with Gasteiger partial charge in [0.2, 0.25) is 0 Å². The van der Waals surface area contributed by atoms with Gasteiger partial charge in [-0.05, 0) is 6.42 Å². The van der Waals surface area contributed by atoms with Gasteiger partial charge >= 0.3 is 29.6 Å². The molecule has 0 aliphatic carbocycles. The van der Waals surface area contributed by atoms with Crippen LogP contribution in [-0.2, 0) is 0 Å². The number of hydrogen-bond acceptors (Lipinski definition) is 1. The maximum atomic E-state index is 9.70. The summed E-state index contributed by atoms with van der Waals surface area (Å²) in [5.41, 5.74) is 0. The van der Waals surface area contributed by atoms with E-state index in [1.165, 1.54) is 0 Å². The molecule has 0 amide bonds. The molecule has 0 heterocycles. The van der Waals surface area contributed by atoms with E-state index in [2.05, 4.69) is 6.58 Å². The molecule has 30 valence electrons. The minimum absolute atomic E-state index is 0. The molecule has 0 unspecified atom stereocenters. The molecule has 0 rings (SSSR count). The standard InChI is InChI=1S/C4H8O.Na/c1-3-4(2)5;/h5H,2-3H2,1H3;/q;+1/p-1. The Hall–Kier alpha value is 0.540. The minimum Gasteiger partial charge on any atom is -0.876 e. The molecule has 0 spiro atoms. The third-order valence-corrected chi connectivity index (χ3v) is 0.394. The quantitative estimate of drug-likeness (QED) is 0.255. The van der Waals surface area contributed by atoms with Crippen molar-refractivity contribution in [1.82, 2.24) is 0 Å². The van der Waals surface area contributed by atoms with E-state index < -0.39 is 0 Å². The van der Waals surface area contributed by atoms with Crippen LogP contribution in [0.15, 0.2) is 12.3 Å². The Morgan fingerprint density at radius 2 is 2.00 bits per heavy atom. The van der Waals surface area contributed by atoms with Crippen LogP contribution in [0, 0.1) is 0 Å². The molecular formula is C4H7NaO. The van der Waals surface area contributed by atoms with E-state index in [1.807, 2.05) is 0 Å². The van der Waals surface area contributed by atoms with Crippen LogP contribution in [0.5, 0.6) is 0 Å². The summed E-state index contributed by atoms with van der Waals surface area (Å²) >= 11 is 0. The molecule has 0 aliphatic rings. The van der Waals surface area contributed by atoms with Crippen molar-refractivity contribution in [3.63, 3.8) is 0 Å². The first-order chi connectivity index (χ1) is 2.27. The Morgan fingerprint density at radius 1 is 1.83 bits per heavy atom. The van der Waals surface area contributed by atoms with Crippen molar-refractivity contribution in [2.24, 2.45) is 0 Å². The van der Waals surface area contributed by atoms with E-state index in [9.17, 15) is 5.11 Å². The summed E-state index contributed by atoms with van der Waals surface area (Å²) in [4.78, 5) is 0. The second-order valence-corrected chi connectivity index (χ2v) is 0.892. The van der Waals surface area contributed by atoms with Crippen molar-refractivity contribution in [3.8, 4) is 0 Å². The van der Waals surface area contributed by atoms with E-state index in [-0.39, 0.29) is 35.3 Å². The van der Waals surface area contributed by atoms with E-state index in [4.69, 9.17) is 0 Å². The molecule has 0 N–H and O–H groups in total. The Balaban J connectivity index is 0. The maximum Gasteiger partial charge on any atom is 1.00 e. The molecule has 0 saturated heterocycles. The van der Waals surface area contributed by atoms with E-state index in [1.54, 1.807) is 6.92 Å². The van der Waals surface area contributed by atoms with Gasteiger partial charge in [0.05, 0.1) is 0 Å². The fraction of sp³-hybridized carbons (Fsp3) is 0.500. The SMILES string of the molecule is C=C([O-])CC.[Na+]. The normalized spacial score (nSPS) is 6.17. The van der Waals surface area contributed by atoms with Gasteiger partial charge < -0.3 is 5.11 Å². The summed E-state index contributed by atoms with van der Waals surface area (Å²) < 4.78 is 0. The van der Waals surface area contributed by atoms with Crippen LogP contribution in [0.2, 0.25) is 0 Å². The van der Waals surface area contributed by atoms with Crippen molar-refractivity contribution in [1.29, 1.82) is 0 Å². The average molecular weight is 94.1 g/mol. The van der Waals surface area contributed by atoms with E-state index in [0.29, 0.717) is 6.42 Å². The largest absolute Gasteiger partial charge is 1.00 e. The zero-order valence-corrected chi connectivity index (χ0v) is 6.32. The smallest absolute Gasteiger partial charge is 0.876 e. The van der Waals surface area contributed by atoms with Gasteiger partial charge in [0, 0.05) is 0 Å². The van der Waals surface area contributed by atoms with Gasteiger partial charge in [-0.25, -0.2) is 0 Å². The number of hydrogen-bond donors (Lipinski definition) is 0. The topological polar surface area (TPSA) is 23.1 Å². The second-order valence-electron chi connectivity index (χ2n) is 0.892. The van der Waals surface area contributed by atoms with Gasteiger partial charge in [-0.2, -0.15) is 0 Å². The predicted molar refractivity (Wildman–Crippen MR) is 19.4 cm³/mol. The van der Waals surface area contributed by atoms with Gasteiger partial charge in [-0.1, -0.05) is 6.92 Å².